The summed E-state index contributed by atoms with van der Waals surface area (Å²) in [7, 11) is 0. The van der Waals surface area contributed by atoms with Gasteiger partial charge in [-0.2, -0.15) is 8.78 Å². The first-order valence-electron chi connectivity index (χ1n) is 7.50. The van der Waals surface area contributed by atoms with Crippen molar-refractivity contribution in [1.29, 1.82) is 0 Å². The Morgan fingerprint density at radius 1 is 1.43 bits per heavy atom. The molecule has 0 radical (unpaired) electrons. The van der Waals surface area contributed by atoms with Crippen LogP contribution in [-0.4, -0.2) is 42.5 Å². The van der Waals surface area contributed by atoms with Gasteiger partial charge in [0.15, 0.2) is 0 Å². The zero-order chi connectivity index (χ0) is 17.0. The molecule has 8 heteroatoms. The molecule has 1 aliphatic rings. The van der Waals surface area contributed by atoms with Gasteiger partial charge < -0.3 is 15.0 Å². The maximum Gasteiger partial charge on any atom is 0.387 e. The quantitative estimate of drug-likeness (QED) is 0.892. The van der Waals surface area contributed by atoms with Gasteiger partial charge in [-0.1, -0.05) is 13.8 Å². The second-order valence-electron chi connectivity index (χ2n) is 5.75. The number of nitrogens with one attached hydrogen (secondary N) is 1. The molecule has 2 heterocycles. The Morgan fingerprint density at radius 2 is 2.17 bits per heavy atom. The first kappa shape index (κ1) is 17.7. The smallest absolute Gasteiger partial charge is 0.387 e. The van der Waals surface area contributed by atoms with E-state index in [-0.39, 0.29) is 34.4 Å². The first-order valence-corrected chi connectivity index (χ1v) is 8.38. The van der Waals surface area contributed by atoms with Crippen LogP contribution in [0.25, 0.3) is 0 Å². The summed E-state index contributed by atoms with van der Waals surface area (Å²) in [5, 5.41) is 4.46. The number of carbonyl (C=O) groups is 2. The predicted octanol–water partition coefficient (Wildman–Crippen LogP) is 2.73. The Labute approximate surface area is 137 Å². The second-order valence-corrected chi connectivity index (χ2v) is 6.66. The van der Waals surface area contributed by atoms with E-state index in [1.165, 1.54) is 6.07 Å². The van der Waals surface area contributed by atoms with Crippen LogP contribution in [0.5, 0.6) is 5.75 Å². The molecule has 1 aliphatic heterocycles. The second kappa shape index (κ2) is 7.72. The van der Waals surface area contributed by atoms with E-state index >= 15 is 0 Å². The van der Waals surface area contributed by atoms with E-state index < -0.39 is 6.61 Å². The molecule has 23 heavy (non-hydrogen) atoms. The van der Waals surface area contributed by atoms with Crippen LogP contribution < -0.4 is 10.1 Å². The Balaban J connectivity index is 2.02. The largest absolute Gasteiger partial charge is 0.433 e. The summed E-state index contributed by atoms with van der Waals surface area (Å²) in [5.74, 6) is -0.603. The van der Waals surface area contributed by atoms with Crippen molar-refractivity contribution >= 4 is 23.2 Å². The highest BCUT2D eigenvalue weighted by atomic mass is 32.1. The molecular weight excluding hydrogens is 326 g/mol. The number of hydrogen-bond donors (Lipinski definition) is 1. The van der Waals surface area contributed by atoms with Crippen molar-refractivity contribution in [2.75, 3.05) is 13.1 Å². The topological polar surface area (TPSA) is 58.6 Å². The fraction of sp³-hybridized carbons (Fsp3) is 0.600. The standard InChI is InChI=1S/C15H20F2N2O3S/c1-9(2)13(20)18-10-4-3-6-19(8-10)14(21)12-11(5-7-23-12)22-15(16)17/h5,7,9-10,15H,3-4,6,8H2,1-2H3,(H,18,20). The summed E-state index contributed by atoms with van der Waals surface area (Å²) in [4.78, 5) is 26.1. The normalized spacial score (nSPS) is 18.3. The molecule has 0 spiro atoms. The van der Waals surface area contributed by atoms with Gasteiger partial charge in [-0.05, 0) is 24.3 Å². The van der Waals surface area contributed by atoms with E-state index in [1.54, 1.807) is 24.1 Å². The highest BCUT2D eigenvalue weighted by Crippen LogP contribution is 2.28. The monoisotopic (exact) mass is 346 g/mol. The molecule has 0 saturated carbocycles. The third kappa shape index (κ3) is 4.63. The van der Waals surface area contributed by atoms with Crippen molar-refractivity contribution < 1.29 is 23.1 Å². The number of amides is 2. The number of ether oxygens (including phenoxy) is 1. The average molecular weight is 346 g/mol. The van der Waals surface area contributed by atoms with Gasteiger partial charge in [-0.25, -0.2) is 0 Å². The van der Waals surface area contributed by atoms with Crippen molar-refractivity contribution in [3.05, 3.63) is 16.3 Å². The lowest BCUT2D eigenvalue weighted by Crippen LogP contribution is -2.50. The molecule has 0 aromatic carbocycles. The van der Waals surface area contributed by atoms with Crippen molar-refractivity contribution in [2.45, 2.75) is 39.3 Å². The average Bonchev–Trinajstić information content (AvgIpc) is 2.93. The molecule has 1 N–H and O–H groups in total. The summed E-state index contributed by atoms with van der Waals surface area (Å²) in [6, 6.07) is 1.26. The minimum absolute atomic E-state index is 0.0536. The number of halogens is 2. The Bertz CT molecular complexity index is 563. The molecule has 1 unspecified atom stereocenters. The lowest BCUT2D eigenvalue weighted by atomic mass is 10.0. The van der Waals surface area contributed by atoms with Crippen LogP contribution >= 0.6 is 11.3 Å². The number of hydrogen-bond acceptors (Lipinski definition) is 4. The minimum atomic E-state index is -2.96. The van der Waals surface area contributed by atoms with Crippen LogP contribution in [0.1, 0.15) is 36.4 Å². The van der Waals surface area contributed by atoms with Crippen molar-refractivity contribution in [2.24, 2.45) is 5.92 Å². The zero-order valence-electron chi connectivity index (χ0n) is 13.1. The van der Waals surface area contributed by atoms with E-state index in [9.17, 15) is 18.4 Å². The van der Waals surface area contributed by atoms with Crippen LogP contribution in [0.4, 0.5) is 8.78 Å². The number of thiophene rings is 1. The van der Waals surface area contributed by atoms with Gasteiger partial charge in [0.1, 0.15) is 10.6 Å². The molecule has 2 amide bonds. The van der Waals surface area contributed by atoms with Crippen LogP contribution in [0, 0.1) is 5.92 Å². The Hall–Kier alpha value is -1.70. The van der Waals surface area contributed by atoms with Crippen LogP contribution in [0.3, 0.4) is 0 Å². The molecule has 0 aliphatic carbocycles. The number of rotatable bonds is 5. The lowest BCUT2D eigenvalue weighted by molar-refractivity contribution is -0.125. The SMILES string of the molecule is CC(C)C(=O)NC1CCCN(C(=O)c2sccc2OC(F)F)C1. The number of likely N-dealkylation sites (tertiary alicyclic amines) is 1. The molecule has 128 valence electrons. The van der Waals surface area contributed by atoms with Crippen LogP contribution in [-0.2, 0) is 4.79 Å². The van der Waals surface area contributed by atoms with Gasteiger partial charge in [0, 0.05) is 25.0 Å². The maximum atomic E-state index is 12.5. The molecular formula is C15H20F2N2O3S. The van der Waals surface area contributed by atoms with Gasteiger partial charge in [-0.3, -0.25) is 9.59 Å². The third-order valence-electron chi connectivity index (χ3n) is 3.62. The molecule has 1 saturated heterocycles. The lowest BCUT2D eigenvalue weighted by Gasteiger charge is -2.33. The molecule has 5 nitrogen and oxygen atoms in total. The maximum absolute atomic E-state index is 12.5. The van der Waals surface area contributed by atoms with E-state index in [1.807, 2.05) is 0 Å². The van der Waals surface area contributed by atoms with Crippen LogP contribution in [0.15, 0.2) is 11.4 Å². The number of alkyl halides is 2. The van der Waals surface area contributed by atoms with Crippen molar-refractivity contribution in [3.8, 4) is 5.75 Å². The van der Waals surface area contributed by atoms with Crippen molar-refractivity contribution in [1.82, 2.24) is 10.2 Å². The highest BCUT2D eigenvalue weighted by molar-refractivity contribution is 7.12. The van der Waals surface area contributed by atoms with E-state index in [4.69, 9.17) is 0 Å². The van der Waals surface area contributed by atoms with Crippen LogP contribution in [0.2, 0.25) is 0 Å². The molecule has 0 bridgehead atoms. The van der Waals surface area contributed by atoms with Gasteiger partial charge in [0.25, 0.3) is 5.91 Å². The summed E-state index contributed by atoms with van der Waals surface area (Å²) in [5.41, 5.74) is 0. The summed E-state index contributed by atoms with van der Waals surface area (Å²) in [6.45, 7) is 1.57. The van der Waals surface area contributed by atoms with Gasteiger partial charge in [0.05, 0.1) is 0 Å². The minimum Gasteiger partial charge on any atom is -0.433 e. The van der Waals surface area contributed by atoms with E-state index in [0.717, 1.165) is 24.2 Å². The highest BCUT2D eigenvalue weighted by Gasteiger charge is 2.28. The third-order valence-corrected chi connectivity index (χ3v) is 4.50. The number of carbonyl (C=O) groups excluding carboxylic acids is 2. The Morgan fingerprint density at radius 3 is 2.83 bits per heavy atom. The molecule has 2 rings (SSSR count). The molecule has 1 aromatic heterocycles. The molecule has 1 fully saturated rings. The molecule has 1 aromatic rings. The van der Waals surface area contributed by atoms with Gasteiger partial charge in [0.2, 0.25) is 5.91 Å². The predicted molar refractivity (Wildman–Crippen MR) is 82.9 cm³/mol. The van der Waals surface area contributed by atoms with E-state index in [0.29, 0.717) is 13.1 Å². The van der Waals surface area contributed by atoms with E-state index in [2.05, 4.69) is 10.1 Å². The van der Waals surface area contributed by atoms with Gasteiger partial charge >= 0.3 is 6.61 Å². The summed E-state index contributed by atoms with van der Waals surface area (Å²) < 4.78 is 29.1. The number of nitrogens with zero attached hydrogens (tertiary/aromatic N) is 1. The Kier molecular flexibility index (Phi) is 5.92. The first-order chi connectivity index (χ1) is 10.9. The number of piperidine rings is 1. The summed E-state index contributed by atoms with van der Waals surface area (Å²) >= 11 is 1.08. The summed E-state index contributed by atoms with van der Waals surface area (Å²) in [6.07, 6.45) is 1.55. The fourth-order valence-electron chi connectivity index (χ4n) is 2.43. The van der Waals surface area contributed by atoms with Crippen molar-refractivity contribution in [3.63, 3.8) is 0 Å². The molecule has 1 atom stereocenters. The zero-order valence-corrected chi connectivity index (χ0v) is 13.9. The fourth-order valence-corrected chi connectivity index (χ4v) is 3.22. The van der Waals surface area contributed by atoms with Gasteiger partial charge in [-0.15, -0.1) is 11.3 Å².